The Morgan fingerprint density at radius 3 is 3.00 bits per heavy atom. The van der Waals surface area contributed by atoms with Gasteiger partial charge in [0.25, 0.3) is 0 Å². The topological polar surface area (TPSA) is 59.1 Å². The number of nitrogens with zero attached hydrogens (tertiary/aromatic N) is 1. The highest BCUT2D eigenvalue weighted by Gasteiger charge is 2.53. The van der Waals surface area contributed by atoms with Gasteiger partial charge in [-0.2, -0.15) is 0 Å². The maximum absolute atomic E-state index is 11.7. The molecule has 1 aromatic heterocycles. The van der Waals surface area contributed by atoms with Crippen LogP contribution in [0.5, 0.6) is 0 Å². The largest absolute Gasteiger partial charge is 0.264 e. The first-order valence-corrected chi connectivity index (χ1v) is 6.61. The third-order valence-electron chi connectivity index (χ3n) is 3.44. The molecule has 2 fully saturated rings. The highest BCUT2D eigenvalue weighted by Crippen LogP contribution is 2.48. The zero-order valence-electron chi connectivity index (χ0n) is 8.13. The molecule has 0 spiro atoms. The van der Waals surface area contributed by atoms with Crippen molar-refractivity contribution in [3.63, 3.8) is 0 Å². The summed E-state index contributed by atoms with van der Waals surface area (Å²) >= 11 is 0. The van der Waals surface area contributed by atoms with E-state index < -0.39 is 10.0 Å². The van der Waals surface area contributed by atoms with Gasteiger partial charge in [-0.25, -0.2) is 13.1 Å². The van der Waals surface area contributed by atoms with Crippen molar-refractivity contribution in [3.8, 4) is 0 Å². The van der Waals surface area contributed by atoms with Crippen LogP contribution in [0, 0.1) is 5.92 Å². The smallest absolute Gasteiger partial charge is 0.215 e. The Balaban J connectivity index is 1.93. The summed E-state index contributed by atoms with van der Waals surface area (Å²) < 4.78 is 26.0. The van der Waals surface area contributed by atoms with E-state index in [0.29, 0.717) is 12.5 Å². The van der Waals surface area contributed by atoms with Gasteiger partial charge in [-0.3, -0.25) is 4.98 Å². The zero-order chi connectivity index (χ0) is 10.5. The van der Waals surface area contributed by atoms with E-state index in [2.05, 4.69) is 9.71 Å². The maximum Gasteiger partial charge on any atom is 0.215 e. The Bertz CT molecular complexity index is 471. The van der Waals surface area contributed by atoms with Gasteiger partial charge in [0, 0.05) is 24.9 Å². The van der Waals surface area contributed by atoms with Crippen molar-refractivity contribution in [1.82, 2.24) is 9.71 Å². The normalized spacial score (nSPS) is 36.9. The van der Waals surface area contributed by atoms with Gasteiger partial charge in [0.2, 0.25) is 10.0 Å². The van der Waals surface area contributed by atoms with Gasteiger partial charge < -0.3 is 0 Å². The van der Waals surface area contributed by atoms with Gasteiger partial charge in [-0.05, 0) is 24.0 Å². The summed E-state index contributed by atoms with van der Waals surface area (Å²) in [7, 11) is -3.06. The van der Waals surface area contributed by atoms with Crippen molar-refractivity contribution in [3.05, 3.63) is 30.1 Å². The number of rotatable bonds is 1. The number of sulfonamides is 1. The molecular weight excluding hydrogens is 212 g/mol. The summed E-state index contributed by atoms with van der Waals surface area (Å²) in [5.41, 5.74) is 1.05. The fourth-order valence-corrected chi connectivity index (χ4v) is 4.69. The number of pyridine rings is 1. The molecule has 5 heteroatoms. The summed E-state index contributed by atoms with van der Waals surface area (Å²) in [4.78, 5) is 4.03. The fraction of sp³-hybridized carbons (Fsp3) is 0.500. The highest BCUT2D eigenvalue weighted by atomic mass is 32.2. The third kappa shape index (κ3) is 1.30. The van der Waals surface area contributed by atoms with E-state index in [1.807, 2.05) is 12.1 Å². The summed E-state index contributed by atoms with van der Waals surface area (Å²) in [6.07, 6.45) is 4.44. The molecule has 15 heavy (non-hydrogen) atoms. The number of nitrogens with one attached hydrogen (secondary N) is 1. The lowest BCUT2D eigenvalue weighted by Gasteiger charge is -2.37. The Morgan fingerprint density at radius 1 is 1.47 bits per heavy atom. The lowest BCUT2D eigenvalue weighted by molar-refractivity contribution is 0.294. The van der Waals surface area contributed by atoms with Gasteiger partial charge >= 0.3 is 0 Å². The lowest BCUT2D eigenvalue weighted by atomic mass is 9.71. The van der Waals surface area contributed by atoms with Crippen LogP contribution in [0.4, 0.5) is 0 Å². The maximum atomic E-state index is 11.7. The predicted octanol–water partition coefficient (Wildman–Crippen LogP) is 0.487. The van der Waals surface area contributed by atoms with Crippen molar-refractivity contribution in [2.45, 2.75) is 17.6 Å². The van der Waals surface area contributed by atoms with Gasteiger partial charge in [0.1, 0.15) is 0 Å². The molecule has 0 unspecified atom stereocenters. The van der Waals surface area contributed by atoms with Crippen LogP contribution in [0.15, 0.2) is 24.5 Å². The number of hydrogen-bond donors (Lipinski definition) is 1. The van der Waals surface area contributed by atoms with E-state index in [-0.39, 0.29) is 11.2 Å². The van der Waals surface area contributed by atoms with Gasteiger partial charge in [-0.1, -0.05) is 6.07 Å². The molecule has 2 heterocycles. The number of fused-ring (bicyclic) bond motifs is 1. The van der Waals surface area contributed by atoms with Gasteiger partial charge in [0.15, 0.2) is 0 Å². The van der Waals surface area contributed by atoms with Crippen LogP contribution >= 0.6 is 0 Å². The average Bonchev–Trinajstić information content (AvgIpc) is 2.38. The van der Waals surface area contributed by atoms with Crippen LogP contribution in [0.1, 0.15) is 17.9 Å². The second-order valence-corrected chi connectivity index (χ2v) is 6.17. The standard InChI is InChI=1S/C10H12N2O2S/c13-15(14)10-8(6-12-15)4-9(10)7-2-1-3-11-5-7/h1-3,5,8-10,12H,4,6H2/t8-,9-,10+/m1/s1. The second-order valence-electron chi connectivity index (χ2n) is 4.25. The molecule has 1 saturated heterocycles. The molecule has 2 aliphatic rings. The molecule has 0 aromatic carbocycles. The molecule has 80 valence electrons. The first kappa shape index (κ1) is 9.30. The molecule has 3 rings (SSSR count). The van der Waals surface area contributed by atoms with Crippen molar-refractivity contribution in [2.75, 3.05) is 6.54 Å². The Morgan fingerprint density at radius 2 is 2.33 bits per heavy atom. The number of hydrogen-bond acceptors (Lipinski definition) is 3. The molecule has 0 radical (unpaired) electrons. The quantitative estimate of drug-likeness (QED) is 0.755. The van der Waals surface area contributed by atoms with Crippen LogP contribution in [0.3, 0.4) is 0 Å². The van der Waals surface area contributed by atoms with E-state index in [0.717, 1.165) is 12.0 Å². The van der Waals surface area contributed by atoms with E-state index in [1.165, 1.54) is 0 Å². The van der Waals surface area contributed by atoms with Crippen LogP contribution in [-0.4, -0.2) is 25.2 Å². The molecule has 1 aromatic rings. The minimum atomic E-state index is -3.06. The molecule has 1 aliphatic carbocycles. The minimum Gasteiger partial charge on any atom is -0.264 e. The second kappa shape index (κ2) is 3.02. The predicted molar refractivity (Wildman–Crippen MR) is 55.8 cm³/mol. The van der Waals surface area contributed by atoms with Crippen LogP contribution in [0.2, 0.25) is 0 Å². The molecule has 0 amide bonds. The third-order valence-corrected chi connectivity index (χ3v) is 5.43. The Kier molecular flexibility index (Phi) is 1.87. The molecular formula is C10H12N2O2S. The molecule has 0 bridgehead atoms. The SMILES string of the molecule is O=S1(=O)NC[C@H]2C[C@H](c3cccnc3)[C@H]21. The van der Waals surface area contributed by atoms with Crippen molar-refractivity contribution in [1.29, 1.82) is 0 Å². The molecule has 1 aliphatic heterocycles. The molecule has 3 atom stereocenters. The lowest BCUT2D eigenvalue weighted by Crippen LogP contribution is -2.41. The molecule has 1 saturated carbocycles. The first-order valence-electron chi connectivity index (χ1n) is 5.07. The minimum absolute atomic E-state index is 0.142. The Labute approximate surface area is 88.8 Å². The zero-order valence-corrected chi connectivity index (χ0v) is 8.94. The molecule has 4 nitrogen and oxygen atoms in total. The van der Waals surface area contributed by atoms with Gasteiger partial charge in [-0.15, -0.1) is 0 Å². The van der Waals surface area contributed by atoms with Crippen molar-refractivity contribution >= 4 is 10.0 Å². The van der Waals surface area contributed by atoms with Crippen molar-refractivity contribution < 1.29 is 8.42 Å². The summed E-state index contributed by atoms with van der Waals surface area (Å²) in [6, 6.07) is 3.82. The first-order chi connectivity index (χ1) is 7.18. The van der Waals surface area contributed by atoms with E-state index in [4.69, 9.17) is 0 Å². The van der Waals surface area contributed by atoms with Crippen molar-refractivity contribution in [2.24, 2.45) is 5.92 Å². The van der Waals surface area contributed by atoms with Gasteiger partial charge in [0.05, 0.1) is 5.25 Å². The monoisotopic (exact) mass is 224 g/mol. The average molecular weight is 224 g/mol. The van der Waals surface area contributed by atoms with E-state index in [9.17, 15) is 8.42 Å². The van der Waals surface area contributed by atoms with E-state index in [1.54, 1.807) is 12.4 Å². The highest BCUT2D eigenvalue weighted by molar-refractivity contribution is 7.90. The number of aromatic nitrogens is 1. The van der Waals surface area contributed by atoms with Crippen LogP contribution < -0.4 is 4.72 Å². The van der Waals surface area contributed by atoms with Crippen LogP contribution in [-0.2, 0) is 10.0 Å². The van der Waals surface area contributed by atoms with Crippen LogP contribution in [0.25, 0.3) is 0 Å². The fourth-order valence-electron chi connectivity index (χ4n) is 2.64. The van der Waals surface area contributed by atoms with E-state index >= 15 is 0 Å². The molecule has 1 N–H and O–H groups in total. The summed E-state index contributed by atoms with van der Waals surface area (Å²) in [5, 5.41) is -0.221. The summed E-state index contributed by atoms with van der Waals surface area (Å²) in [5.74, 6) is 0.448. The Hall–Kier alpha value is -0.940. The summed E-state index contributed by atoms with van der Waals surface area (Å²) in [6.45, 7) is 0.615.